The van der Waals surface area contributed by atoms with Gasteiger partial charge in [0.05, 0.1) is 4.83 Å². The van der Waals surface area contributed by atoms with Gasteiger partial charge in [-0.25, -0.2) is 0 Å². The fourth-order valence-electron chi connectivity index (χ4n) is 0.773. The summed E-state index contributed by atoms with van der Waals surface area (Å²) in [4.78, 5) is 0.327. The Morgan fingerprint density at radius 2 is 1.92 bits per heavy atom. The molecule has 0 aliphatic heterocycles. The van der Waals surface area contributed by atoms with Gasteiger partial charge in [-0.2, -0.15) is 0 Å². The molecule has 0 saturated heterocycles. The molecule has 0 bridgehead atoms. The quantitative estimate of drug-likeness (QED) is 0.530. The van der Waals surface area contributed by atoms with E-state index >= 15 is 0 Å². The van der Waals surface area contributed by atoms with Gasteiger partial charge < -0.3 is 4.74 Å². The molecule has 1 nitrogen and oxygen atoms in total. The van der Waals surface area contributed by atoms with E-state index in [4.69, 9.17) is 4.74 Å². The zero-order valence-electron chi connectivity index (χ0n) is 6.79. The lowest BCUT2D eigenvalue weighted by Crippen LogP contribution is -2.21. The molecule has 0 fully saturated rings. The molecule has 0 N–H and O–H groups in total. The van der Waals surface area contributed by atoms with Crippen LogP contribution in [0.3, 0.4) is 0 Å². The Morgan fingerprint density at radius 1 is 1.31 bits per heavy atom. The first-order chi connectivity index (χ1) is 6.24. The van der Waals surface area contributed by atoms with Crippen LogP contribution in [0, 0.1) is 0 Å². The number of ether oxygens (including phenoxy) is 1. The van der Waals surface area contributed by atoms with Gasteiger partial charge in [0.15, 0.2) is 4.11 Å². The summed E-state index contributed by atoms with van der Waals surface area (Å²) < 4.78 is 5.82. The van der Waals surface area contributed by atoms with Crippen LogP contribution in [-0.4, -0.2) is 14.3 Å². The number of halogens is 3. The first-order valence-electron chi connectivity index (χ1n) is 3.80. The van der Waals surface area contributed by atoms with Crippen molar-refractivity contribution in [1.82, 2.24) is 0 Å². The highest BCUT2D eigenvalue weighted by Crippen LogP contribution is 2.21. The number of para-hydroxylation sites is 1. The minimum atomic E-state index is 0.138. The van der Waals surface area contributed by atoms with E-state index in [0.29, 0.717) is 4.83 Å². The van der Waals surface area contributed by atoms with Crippen LogP contribution in [-0.2, 0) is 0 Å². The van der Waals surface area contributed by atoms with Gasteiger partial charge in [0.1, 0.15) is 5.75 Å². The minimum absolute atomic E-state index is 0.138. The van der Waals surface area contributed by atoms with Gasteiger partial charge >= 0.3 is 0 Å². The van der Waals surface area contributed by atoms with Crippen molar-refractivity contribution in [2.24, 2.45) is 0 Å². The third-order valence-corrected chi connectivity index (χ3v) is 5.90. The SMILES string of the molecule is BrCC(Br)C(I)Oc1ccccc1. The Bertz CT molecular complexity index is 243. The van der Waals surface area contributed by atoms with Crippen LogP contribution < -0.4 is 4.74 Å². The zero-order valence-corrected chi connectivity index (χ0v) is 12.1. The maximum absolute atomic E-state index is 5.68. The smallest absolute Gasteiger partial charge is 0.162 e. The van der Waals surface area contributed by atoms with Crippen LogP contribution in [0.15, 0.2) is 30.3 Å². The Balaban J connectivity index is 2.50. The first kappa shape index (κ1) is 11.8. The van der Waals surface area contributed by atoms with Crippen molar-refractivity contribution in [2.45, 2.75) is 8.94 Å². The monoisotopic (exact) mass is 418 g/mol. The molecular formula is C9H9Br2IO. The second-order valence-electron chi connectivity index (χ2n) is 2.45. The van der Waals surface area contributed by atoms with Crippen molar-refractivity contribution in [2.75, 3.05) is 5.33 Å². The molecule has 0 heterocycles. The third kappa shape index (κ3) is 4.16. The number of benzene rings is 1. The zero-order chi connectivity index (χ0) is 9.68. The summed E-state index contributed by atoms with van der Waals surface area (Å²) in [5.41, 5.74) is 0. The van der Waals surface area contributed by atoms with Gasteiger partial charge in [0, 0.05) is 5.33 Å². The van der Waals surface area contributed by atoms with Crippen LogP contribution in [0.2, 0.25) is 0 Å². The molecule has 2 unspecified atom stereocenters. The molecule has 0 aliphatic rings. The highest BCUT2D eigenvalue weighted by atomic mass is 127. The number of alkyl halides is 3. The average Bonchev–Trinajstić information content (AvgIpc) is 2.18. The standard InChI is InChI=1S/C9H9Br2IO/c10-6-8(11)9(12)13-7-4-2-1-3-5-7/h1-5,8-9H,6H2. The van der Waals surface area contributed by atoms with Crippen LogP contribution in [0.4, 0.5) is 0 Å². The predicted molar refractivity (Wildman–Crippen MR) is 71.4 cm³/mol. The Kier molecular flexibility index (Phi) is 5.66. The van der Waals surface area contributed by atoms with Crippen molar-refractivity contribution in [3.05, 3.63) is 30.3 Å². The molecule has 0 saturated carbocycles. The average molecular weight is 420 g/mol. The fourth-order valence-corrected chi connectivity index (χ4v) is 2.47. The topological polar surface area (TPSA) is 9.23 Å². The van der Waals surface area contributed by atoms with Crippen LogP contribution in [0.25, 0.3) is 0 Å². The molecule has 4 heteroatoms. The molecule has 0 amide bonds. The summed E-state index contributed by atoms with van der Waals surface area (Å²) in [7, 11) is 0. The third-order valence-electron chi connectivity index (χ3n) is 1.42. The predicted octanol–water partition coefficient (Wildman–Crippen LogP) is 3.98. The van der Waals surface area contributed by atoms with E-state index in [-0.39, 0.29) is 4.11 Å². The molecule has 1 rings (SSSR count). The van der Waals surface area contributed by atoms with Crippen LogP contribution >= 0.6 is 54.5 Å². The molecule has 0 aliphatic carbocycles. The van der Waals surface area contributed by atoms with Crippen LogP contribution in [0.5, 0.6) is 5.75 Å². The van der Waals surface area contributed by atoms with Gasteiger partial charge in [-0.05, 0) is 34.7 Å². The lowest BCUT2D eigenvalue weighted by molar-refractivity contribution is 0.307. The van der Waals surface area contributed by atoms with Gasteiger partial charge in [-0.15, -0.1) is 0 Å². The van der Waals surface area contributed by atoms with Gasteiger partial charge in [-0.1, -0.05) is 50.1 Å². The van der Waals surface area contributed by atoms with E-state index < -0.39 is 0 Å². The molecule has 1 aromatic rings. The Morgan fingerprint density at radius 3 is 2.46 bits per heavy atom. The maximum atomic E-state index is 5.68. The summed E-state index contributed by atoms with van der Waals surface area (Å²) in [6.45, 7) is 0. The van der Waals surface area contributed by atoms with E-state index in [9.17, 15) is 0 Å². The normalized spacial score (nSPS) is 15.0. The summed E-state index contributed by atoms with van der Waals surface area (Å²) in [5, 5.41) is 0.882. The van der Waals surface area contributed by atoms with Crippen molar-refractivity contribution in [1.29, 1.82) is 0 Å². The second-order valence-corrected chi connectivity index (χ2v) is 5.50. The van der Waals surface area contributed by atoms with Crippen molar-refractivity contribution in [3.63, 3.8) is 0 Å². The summed E-state index contributed by atoms with van der Waals surface area (Å²) >= 11 is 9.19. The molecule has 1 aromatic carbocycles. The van der Waals surface area contributed by atoms with Crippen molar-refractivity contribution >= 4 is 54.5 Å². The van der Waals surface area contributed by atoms with E-state index in [1.807, 2.05) is 30.3 Å². The molecule has 0 radical (unpaired) electrons. The van der Waals surface area contributed by atoms with E-state index in [1.54, 1.807) is 0 Å². The largest absolute Gasteiger partial charge is 0.479 e. The van der Waals surface area contributed by atoms with E-state index in [1.165, 1.54) is 0 Å². The first-order valence-corrected chi connectivity index (χ1v) is 7.08. The second kappa shape index (κ2) is 6.24. The summed E-state index contributed by atoms with van der Waals surface area (Å²) in [6.07, 6.45) is 0. The molecule has 72 valence electrons. The fraction of sp³-hybridized carbons (Fsp3) is 0.333. The molecule has 2 atom stereocenters. The maximum Gasteiger partial charge on any atom is 0.162 e. The van der Waals surface area contributed by atoms with Gasteiger partial charge in [0.25, 0.3) is 0 Å². The van der Waals surface area contributed by atoms with Gasteiger partial charge in [-0.3, -0.25) is 0 Å². The highest BCUT2D eigenvalue weighted by Gasteiger charge is 2.15. The minimum Gasteiger partial charge on any atom is -0.479 e. The molecule has 0 aromatic heterocycles. The highest BCUT2D eigenvalue weighted by molar-refractivity contribution is 14.1. The number of hydrogen-bond acceptors (Lipinski definition) is 1. The Labute approximate surface area is 109 Å². The lowest BCUT2D eigenvalue weighted by atomic mass is 10.3. The van der Waals surface area contributed by atoms with Crippen molar-refractivity contribution < 1.29 is 4.74 Å². The number of hydrogen-bond donors (Lipinski definition) is 0. The summed E-state index contributed by atoms with van der Waals surface area (Å²) in [5.74, 6) is 0.910. The number of rotatable bonds is 4. The van der Waals surface area contributed by atoms with Gasteiger partial charge in [0.2, 0.25) is 0 Å². The molecule has 0 spiro atoms. The van der Waals surface area contributed by atoms with Crippen molar-refractivity contribution in [3.8, 4) is 5.75 Å². The molecular weight excluding hydrogens is 411 g/mol. The molecule has 13 heavy (non-hydrogen) atoms. The van der Waals surface area contributed by atoms with E-state index in [2.05, 4.69) is 54.5 Å². The summed E-state index contributed by atoms with van der Waals surface area (Å²) in [6, 6.07) is 9.83. The van der Waals surface area contributed by atoms with Crippen LogP contribution in [0.1, 0.15) is 0 Å². The van der Waals surface area contributed by atoms with E-state index in [0.717, 1.165) is 11.1 Å². The Hall–Kier alpha value is 0.710. The lowest BCUT2D eigenvalue weighted by Gasteiger charge is -2.16.